The minimum atomic E-state index is 1.34. The van der Waals surface area contributed by atoms with Gasteiger partial charge in [0.05, 0.1) is 0 Å². The fourth-order valence-corrected chi connectivity index (χ4v) is 2.53. The molecule has 0 nitrogen and oxygen atoms in total. The van der Waals surface area contributed by atoms with Gasteiger partial charge in [-0.05, 0) is 68.0 Å². The third-order valence-corrected chi connectivity index (χ3v) is 3.47. The van der Waals surface area contributed by atoms with E-state index in [1.54, 1.807) is 0 Å². The molecule has 0 aliphatic rings. The Morgan fingerprint density at radius 3 is 1.71 bits per heavy atom. The van der Waals surface area contributed by atoms with Gasteiger partial charge in [0.15, 0.2) is 0 Å². The number of benzene rings is 2. The number of hydrogen-bond acceptors (Lipinski definition) is 0. The van der Waals surface area contributed by atoms with Crippen LogP contribution in [0.1, 0.15) is 27.8 Å². The van der Waals surface area contributed by atoms with Crippen LogP contribution in [-0.2, 0) is 0 Å². The first-order valence-electron chi connectivity index (χ1n) is 6.14. The minimum absolute atomic E-state index is 1.34. The fourth-order valence-electron chi connectivity index (χ4n) is 2.53. The van der Waals surface area contributed by atoms with Crippen LogP contribution in [0.15, 0.2) is 30.3 Å². The molecule has 0 aromatic heterocycles. The Kier molecular flexibility index (Phi) is 3.06. The van der Waals surface area contributed by atoms with E-state index in [1.165, 1.54) is 38.9 Å². The zero-order chi connectivity index (χ0) is 12.6. The average Bonchev–Trinajstić information content (AvgIpc) is 2.21. The third kappa shape index (κ3) is 2.26. The van der Waals surface area contributed by atoms with E-state index < -0.39 is 0 Å². The molecule has 0 bridgehead atoms. The Labute approximate surface area is 104 Å². The van der Waals surface area contributed by atoms with Gasteiger partial charge in [-0.1, -0.05) is 35.9 Å². The van der Waals surface area contributed by atoms with E-state index in [-0.39, 0.29) is 0 Å². The normalized spacial score (nSPS) is 10.6. The summed E-state index contributed by atoms with van der Waals surface area (Å²) in [6, 6.07) is 11.3. The van der Waals surface area contributed by atoms with Crippen LogP contribution < -0.4 is 0 Å². The Bertz CT molecular complexity index is 539. The second-order valence-electron chi connectivity index (χ2n) is 5.07. The molecule has 0 fully saturated rings. The molecule has 0 amide bonds. The second kappa shape index (κ2) is 4.37. The summed E-state index contributed by atoms with van der Waals surface area (Å²) < 4.78 is 0. The van der Waals surface area contributed by atoms with Crippen LogP contribution in [0.2, 0.25) is 0 Å². The number of aryl methyl sites for hydroxylation is 5. The fraction of sp³-hybridized carbons (Fsp3) is 0.294. The van der Waals surface area contributed by atoms with Crippen molar-refractivity contribution in [3.63, 3.8) is 0 Å². The highest BCUT2D eigenvalue weighted by Gasteiger charge is 2.07. The van der Waals surface area contributed by atoms with Crippen molar-refractivity contribution >= 4 is 0 Å². The second-order valence-corrected chi connectivity index (χ2v) is 5.07. The maximum atomic E-state index is 2.29. The van der Waals surface area contributed by atoms with Gasteiger partial charge < -0.3 is 0 Å². The molecule has 0 radical (unpaired) electrons. The molecule has 0 saturated carbocycles. The summed E-state index contributed by atoms with van der Waals surface area (Å²) in [7, 11) is 0. The largest absolute Gasteiger partial charge is 0.0584 e. The van der Waals surface area contributed by atoms with Crippen LogP contribution >= 0.6 is 0 Å². The molecule has 0 N–H and O–H groups in total. The maximum absolute atomic E-state index is 2.29. The molecule has 0 unspecified atom stereocenters. The average molecular weight is 224 g/mol. The van der Waals surface area contributed by atoms with Crippen LogP contribution in [0, 0.1) is 34.6 Å². The maximum Gasteiger partial charge on any atom is -0.0125 e. The molecule has 2 aromatic rings. The lowest BCUT2D eigenvalue weighted by atomic mass is 9.92. The van der Waals surface area contributed by atoms with Gasteiger partial charge in [-0.2, -0.15) is 0 Å². The van der Waals surface area contributed by atoms with E-state index in [0.717, 1.165) is 0 Å². The zero-order valence-corrected chi connectivity index (χ0v) is 11.4. The van der Waals surface area contributed by atoms with Crippen LogP contribution in [0.5, 0.6) is 0 Å². The van der Waals surface area contributed by atoms with Crippen LogP contribution in [0.3, 0.4) is 0 Å². The van der Waals surface area contributed by atoms with Crippen LogP contribution in [0.25, 0.3) is 11.1 Å². The molecule has 0 saturated heterocycles. The smallest absolute Gasteiger partial charge is 0.0125 e. The molecule has 0 spiro atoms. The highest BCUT2D eigenvalue weighted by molar-refractivity contribution is 5.72. The van der Waals surface area contributed by atoms with Crippen molar-refractivity contribution in [1.82, 2.24) is 0 Å². The summed E-state index contributed by atoms with van der Waals surface area (Å²) in [6.45, 7) is 10.9. The SMILES string of the molecule is Cc1cc(C)c(-c2ccc(C)c(C)c2)c(C)c1. The quantitative estimate of drug-likeness (QED) is 0.646. The summed E-state index contributed by atoms with van der Waals surface area (Å²) in [6.07, 6.45) is 0. The van der Waals surface area contributed by atoms with Gasteiger partial charge in [0, 0.05) is 0 Å². The lowest BCUT2D eigenvalue weighted by Crippen LogP contribution is -1.91. The van der Waals surface area contributed by atoms with Gasteiger partial charge in [0.1, 0.15) is 0 Å². The summed E-state index contributed by atoms with van der Waals surface area (Å²) in [4.78, 5) is 0. The highest BCUT2D eigenvalue weighted by Crippen LogP contribution is 2.29. The van der Waals surface area contributed by atoms with Crippen molar-refractivity contribution in [2.75, 3.05) is 0 Å². The molecule has 88 valence electrons. The summed E-state index contributed by atoms with van der Waals surface area (Å²) in [5.74, 6) is 0. The third-order valence-electron chi connectivity index (χ3n) is 3.47. The molecule has 2 rings (SSSR count). The van der Waals surface area contributed by atoms with Crippen molar-refractivity contribution in [3.05, 3.63) is 58.1 Å². The van der Waals surface area contributed by atoms with Crippen molar-refractivity contribution in [3.8, 4) is 11.1 Å². The number of hydrogen-bond donors (Lipinski definition) is 0. The number of rotatable bonds is 1. The predicted molar refractivity (Wildman–Crippen MR) is 75.6 cm³/mol. The zero-order valence-electron chi connectivity index (χ0n) is 11.4. The van der Waals surface area contributed by atoms with Crippen molar-refractivity contribution < 1.29 is 0 Å². The molecule has 0 aliphatic carbocycles. The Hall–Kier alpha value is -1.56. The first-order valence-corrected chi connectivity index (χ1v) is 6.14. The monoisotopic (exact) mass is 224 g/mol. The van der Waals surface area contributed by atoms with Gasteiger partial charge in [-0.15, -0.1) is 0 Å². The minimum Gasteiger partial charge on any atom is -0.0584 e. The van der Waals surface area contributed by atoms with Gasteiger partial charge in [-0.3, -0.25) is 0 Å². The van der Waals surface area contributed by atoms with E-state index in [9.17, 15) is 0 Å². The van der Waals surface area contributed by atoms with Gasteiger partial charge >= 0.3 is 0 Å². The molecule has 0 heteroatoms. The molecular formula is C17H20. The van der Waals surface area contributed by atoms with Crippen molar-refractivity contribution in [2.45, 2.75) is 34.6 Å². The van der Waals surface area contributed by atoms with E-state index in [0.29, 0.717) is 0 Å². The highest BCUT2D eigenvalue weighted by atomic mass is 14.1. The Morgan fingerprint density at radius 2 is 1.18 bits per heavy atom. The van der Waals surface area contributed by atoms with E-state index in [4.69, 9.17) is 0 Å². The summed E-state index contributed by atoms with van der Waals surface area (Å²) in [5.41, 5.74) is 9.52. The Balaban J connectivity index is 2.64. The van der Waals surface area contributed by atoms with E-state index in [2.05, 4.69) is 65.0 Å². The van der Waals surface area contributed by atoms with Gasteiger partial charge in [-0.25, -0.2) is 0 Å². The molecule has 0 heterocycles. The first kappa shape index (κ1) is 11.9. The lowest BCUT2D eigenvalue weighted by molar-refractivity contribution is 1.30. The first-order chi connectivity index (χ1) is 7.99. The van der Waals surface area contributed by atoms with Crippen molar-refractivity contribution in [2.24, 2.45) is 0 Å². The molecule has 0 aliphatic heterocycles. The summed E-state index contributed by atoms with van der Waals surface area (Å²) in [5, 5.41) is 0. The Morgan fingerprint density at radius 1 is 0.588 bits per heavy atom. The molecule has 2 aromatic carbocycles. The van der Waals surface area contributed by atoms with Gasteiger partial charge in [0.2, 0.25) is 0 Å². The van der Waals surface area contributed by atoms with E-state index in [1.807, 2.05) is 0 Å². The van der Waals surface area contributed by atoms with Crippen LogP contribution in [0.4, 0.5) is 0 Å². The molecular weight excluding hydrogens is 204 g/mol. The standard InChI is InChI=1S/C17H20/c1-11-8-14(4)17(15(5)9-11)16-7-6-12(2)13(3)10-16/h6-10H,1-5H3. The van der Waals surface area contributed by atoms with Crippen molar-refractivity contribution in [1.29, 1.82) is 0 Å². The summed E-state index contributed by atoms with van der Waals surface area (Å²) >= 11 is 0. The molecule has 0 atom stereocenters. The lowest BCUT2D eigenvalue weighted by Gasteiger charge is -2.13. The van der Waals surface area contributed by atoms with E-state index >= 15 is 0 Å². The predicted octanol–water partition coefficient (Wildman–Crippen LogP) is 4.90. The van der Waals surface area contributed by atoms with Crippen LogP contribution in [-0.4, -0.2) is 0 Å². The topological polar surface area (TPSA) is 0 Å². The molecule has 17 heavy (non-hydrogen) atoms. The van der Waals surface area contributed by atoms with Gasteiger partial charge in [0.25, 0.3) is 0 Å².